The van der Waals surface area contributed by atoms with Gasteiger partial charge < -0.3 is 15.2 Å². The number of nitrogens with one attached hydrogen (secondary N) is 1. The molecule has 0 spiro atoms. The lowest BCUT2D eigenvalue weighted by molar-refractivity contribution is -0.384. The Morgan fingerprint density at radius 3 is 2.62 bits per heavy atom. The predicted octanol–water partition coefficient (Wildman–Crippen LogP) is 1.20. The van der Waals surface area contributed by atoms with Crippen molar-refractivity contribution in [2.24, 2.45) is 5.41 Å². The molecule has 8 heteroatoms. The lowest BCUT2D eigenvalue weighted by Gasteiger charge is -2.12. The molecule has 0 bridgehead atoms. The summed E-state index contributed by atoms with van der Waals surface area (Å²) in [6.07, 6.45) is 1.02. The Labute approximate surface area is 119 Å². The number of non-ortho nitro benzene ring substituents is 1. The van der Waals surface area contributed by atoms with E-state index in [0.717, 1.165) is 6.07 Å². The van der Waals surface area contributed by atoms with E-state index in [2.05, 4.69) is 5.32 Å². The largest absolute Gasteiger partial charge is 0.496 e. The van der Waals surface area contributed by atoms with Crippen molar-refractivity contribution in [2.45, 2.75) is 12.8 Å². The van der Waals surface area contributed by atoms with Crippen molar-refractivity contribution in [2.75, 3.05) is 13.7 Å². The SMILES string of the molecule is COc1ccc([N+](=O)[O-])cc1C(=O)NCC1(C(=O)O)CC1. The highest BCUT2D eigenvalue weighted by atomic mass is 16.6. The summed E-state index contributed by atoms with van der Waals surface area (Å²) < 4.78 is 5.00. The number of rotatable bonds is 6. The summed E-state index contributed by atoms with van der Waals surface area (Å²) >= 11 is 0. The Kier molecular flexibility index (Phi) is 3.79. The number of hydrogen-bond donors (Lipinski definition) is 2. The number of nitro groups is 1. The van der Waals surface area contributed by atoms with Crippen LogP contribution in [0.5, 0.6) is 5.75 Å². The van der Waals surface area contributed by atoms with Gasteiger partial charge in [-0.1, -0.05) is 0 Å². The fourth-order valence-electron chi connectivity index (χ4n) is 1.95. The lowest BCUT2D eigenvalue weighted by atomic mass is 10.1. The number of methoxy groups -OCH3 is 1. The number of carboxylic acids is 1. The molecule has 1 aliphatic carbocycles. The third kappa shape index (κ3) is 2.93. The molecule has 112 valence electrons. The Bertz CT molecular complexity index is 609. The summed E-state index contributed by atoms with van der Waals surface area (Å²) in [5, 5.41) is 22.3. The molecule has 0 saturated heterocycles. The lowest BCUT2D eigenvalue weighted by Crippen LogP contribution is -2.34. The third-order valence-corrected chi connectivity index (χ3v) is 3.53. The van der Waals surface area contributed by atoms with Crippen LogP contribution >= 0.6 is 0 Å². The number of carbonyl (C=O) groups excluding carboxylic acids is 1. The first-order chi connectivity index (χ1) is 9.89. The minimum absolute atomic E-state index is 0.00693. The van der Waals surface area contributed by atoms with Crippen LogP contribution in [-0.2, 0) is 4.79 Å². The Balaban J connectivity index is 2.16. The topological polar surface area (TPSA) is 119 Å². The van der Waals surface area contributed by atoms with Crippen LogP contribution in [0.3, 0.4) is 0 Å². The molecule has 1 fully saturated rings. The first kappa shape index (κ1) is 14.8. The zero-order chi connectivity index (χ0) is 15.6. The number of benzene rings is 1. The van der Waals surface area contributed by atoms with Crippen LogP contribution in [0.15, 0.2) is 18.2 Å². The van der Waals surface area contributed by atoms with Gasteiger partial charge in [-0.2, -0.15) is 0 Å². The van der Waals surface area contributed by atoms with Crippen molar-refractivity contribution in [1.29, 1.82) is 0 Å². The van der Waals surface area contributed by atoms with Crippen LogP contribution in [0, 0.1) is 15.5 Å². The molecule has 1 aliphatic rings. The van der Waals surface area contributed by atoms with Crippen LogP contribution in [0.1, 0.15) is 23.2 Å². The molecule has 1 amide bonds. The van der Waals surface area contributed by atoms with Gasteiger partial charge in [0.25, 0.3) is 11.6 Å². The Hall–Kier alpha value is -2.64. The molecule has 21 heavy (non-hydrogen) atoms. The zero-order valence-electron chi connectivity index (χ0n) is 11.3. The second-order valence-electron chi connectivity index (χ2n) is 4.91. The Morgan fingerprint density at radius 1 is 1.48 bits per heavy atom. The highest BCUT2D eigenvalue weighted by molar-refractivity contribution is 5.98. The molecule has 1 aromatic carbocycles. The highest BCUT2D eigenvalue weighted by Gasteiger charge is 2.50. The minimum atomic E-state index is -0.950. The quantitative estimate of drug-likeness (QED) is 0.601. The summed E-state index contributed by atoms with van der Waals surface area (Å²) in [6, 6.07) is 3.67. The van der Waals surface area contributed by atoms with E-state index in [-0.39, 0.29) is 23.5 Å². The number of carboxylic acid groups (broad SMARTS) is 1. The molecule has 1 aromatic rings. The smallest absolute Gasteiger partial charge is 0.311 e. The molecule has 2 rings (SSSR count). The summed E-state index contributed by atoms with van der Waals surface area (Å²) in [4.78, 5) is 33.3. The number of nitrogens with zero attached hydrogens (tertiary/aromatic N) is 1. The molecular weight excluding hydrogens is 280 g/mol. The number of ether oxygens (including phenoxy) is 1. The van der Waals surface area contributed by atoms with E-state index < -0.39 is 22.2 Å². The number of aliphatic carboxylic acids is 1. The normalized spacial score (nSPS) is 15.1. The fraction of sp³-hybridized carbons (Fsp3) is 0.385. The van der Waals surface area contributed by atoms with Gasteiger partial charge in [0.15, 0.2) is 0 Å². The van der Waals surface area contributed by atoms with Crippen molar-refractivity contribution in [3.63, 3.8) is 0 Å². The van der Waals surface area contributed by atoms with E-state index in [4.69, 9.17) is 9.84 Å². The van der Waals surface area contributed by atoms with Crippen LogP contribution < -0.4 is 10.1 Å². The van der Waals surface area contributed by atoms with E-state index in [0.29, 0.717) is 12.8 Å². The van der Waals surface area contributed by atoms with Gasteiger partial charge >= 0.3 is 5.97 Å². The fourth-order valence-corrected chi connectivity index (χ4v) is 1.95. The molecule has 0 atom stereocenters. The number of nitro benzene ring substituents is 1. The van der Waals surface area contributed by atoms with Crippen molar-refractivity contribution in [1.82, 2.24) is 5.32 Å². The van der Waals surface area contributed by atoms with E-state index in [1.807, 2.05) is 0 Å². The summed E-state index contributed by atoms with van der Waals surface area (Å²) in [5.41, 5.74) is -1.13. The van der Waals surface area contributed by atoms with Crippen molar-refractivity contribution >= 4 is 17.6 Å². The molecule has 0 aromatic heterocycles. The summed E-state index contributed by atoms with van der Waals surface area (Å²) in [6.45, 7) is -0.00693. The van der Waals surface area contributed by atoms with Crippen molar-refractivity contribution in [3.8, 4) is 5.75 Å². The second kappa shape index (κ2) is 5.39. The summed E-state index contributed by atoms with van der Waals surface area (Å²) in [5.74, 6) is -1.35. The van der Waals surface area contributed by atoms with Crippen molar-refractivity contribution in [3.05, 3.63) is 33.9 Å². The molecule has 0 radical (unpaired) electrons. The van der Waals surface area contributed by atoms with Gasteiger partial charge in [-0.05, 0) is 18.9 Å². The van der Waals surface area contributed by atoms with Gasteiger partial charge in [-0.25, -0.2) is 0 Å². The average molecular weight is 294 g/mol. The van der Waals surface area contributed by atoms with Crippen LogP contribution in [0.2, 0.25) is 0 Å². The number of carbonyl (C=O) groups is 2. The second-order valence-corrected chi connectivity index (χ2v) is 4.91. The maximum Gasteiger partial charge on any atom is 0.311 e. The van der Waals surface area contributed by atoms with Crippen LogP contribution in [0.4, 0.5) is 5.69 Å². The maximum absolute atomic E-state index is 12.1. The van der Waals surface area contributed by atoms with Gasteiger partial charge in [0.1, 0.15) is 5.75 Å². The standard InChI is InChI=1S/C13H14N2O6/c1-21-10-3-2-8(15(19)20)6-9(10)11(16)14-7-13(4-5-13)12(17)18/h2-3,6H,4-5,7H2,1H3,(H,14,16)(H,17,18). The van der Waals surface area contributed by atoms with E-state index in [1.165, 1.54) is 19.2 Å². The molecule has 2 N–H and O–H groups in total. The van der Waals surface area contributed by atoms with Crippen LogP contribution in [-0.4, -0.2) is 35.6 Å². The third-order valence-electron chi connectivity index (χ3n) is 3.53. The first-order valence-corrected chi connectivity index (χ1v) is 6.24. The predicted molar refractivity (Wildman–Crippen MR) is 71.3 cm³/mol. The van der Waals surface area contributed by atoms with Gasteiger partial charge in [-0.15, -0.1) is 0 Å². The van der Waals surface area contributed by atoms with E-state index in [1.54, 1.807) is 0 Å². The van der Waals surface area contributed by atoms with E-state index >= 15 is 0 Å². The molecule has 0 heterocycles. The molecule has 1 saturated carbocycles. The Morgan fingerprint density at radius 2 is 2.14 bits per heavy atom. The van der Waals surface area contributed by atoms with Gasteiger partial charge in [0, 0.05) is 18.7 Å². The number of hydrogen-bond acceptors (Lipinski definition) is 5. The minimum Gasteiger partial charge on any atom is -0.496 e. The molecular formula is C13H14N2O6. The highest BCUT2D eigenvalue weighted by Crippen LogP contribution is 2.45. The van der Waals surface area contributed by atoms with Crippen LogP contribution in [0.25, 0.3) is 0 Å². The zero-order valence-corrected chi connectivity index (χ0v) is 11.3. The van der Waals surface area contributed by atoms with Gasteiger partial charge in [0.2, 0.25) is 0 Å². The van der Waals surface area contributed by atoms with Crippen molar-refractivity contribution < 1.29 is 24.4 Å². The number of amides is 1. The molecule has 8 nitrogen and oxygen atoms in total. The first-order valence-electron chi connectivity index (χ1n) is 6.24. The monoisotopic (exact) mass is 294 g/mol. The maximum atomic E-state index is 12.1. The molecule has 0 unspecified atom stereocenters. The molecule has 0 aliphatic heterocycles. The summed E-state index contributed by atoms with van der Waals surface area (Å²) in [7, 11) is 1.34. The average Bonchev–Trinajstić information content (AvgIpc) is 3.25. The van der Waals surface area contributed by atoms with E-state index in [9.17, 15) is 19.7 Å². The van der Waals surface area contributed by atoms with Gasteiger partial charge in [-0.3, -0.25) is 19.7 Å². The van der Waals surface area contributed by atoms with Gasteiger partial charge in [0.05, 0.1) is 23.0 Å².